The maximum Gasteiger partial charge on any atom is 0.343 e. The molecule has 0 aliphatic carbocycles. The van der Waals surface area contributed by atoms with E-state index in [9.17, 15) is 4.79 Å². The van der Waals surface area contributed by atoms with Gasteiger partial charge in [0.2, 0.25) is 0 Å². The lowest BCUT2D eigenvalue weighted by atomic mass is 10.1. The summed E-state index contributed by atoms with van der Waals surface area (Å²) in [7, 11) is 0. The smallest absolute Gasteiger partial charge is 0.343 e. The van der Waals surface area contributed by atoms with Crippen LogP contribution in [0.15, 0.2) is 36.7 Å². The van der Waals surface area contributed by atoms with E-state index in [0.29, 0.717) is 12.1 Å². The molecule has 1 aromatic carbocycles. The molecule has 0 N–H and O–H groups in total. The molecular weight excluding hydrogens is 264 g/mol. The molecule has 98 valence electrons. The Hall–Kier alpha value is -1.94. The van der Waals surface area contributed by atoms with Gasteiger partial charge in [-0.25, -0.2) is 14.8 Å². The zero-order chi connectivity index (χ0) is 13.7. The second-order valence-corrected chi connectivity index (χ2v) is 4.23. The molecule has 5 heteroatoms. The third kappa shape index (κ3) is 3.29. The minimum atomic E-state index is -0.487. The first kappa shape index (κ1) is 13.5. The van der Waals surface area contributed by atoms with Crippen molar-refractivity contribution in [3.63, 3.8) is 0 Å². The van der Waals surface area contributed by atoms with Gasteiger partial charge in [-0.3, -0.25) is 0 Å². The van der Waals surface area contributed by atoms with Crippen LogP contribution in [0.5, 0.6) is 0 Å². The van der Waals surface area contributed by atoms with E-state index >= 15 is 0 Å². The summed E-state index contributed by atoms with van der Waals surface area (Å²) < 4.78 is 4.98. The van der Waals surface area contributed by atoms with Crippen LogP contribution in [-0.2, 0) is 11.2 Å². The fraction of sp³-hybridized carbons (Fsp3) is 0.214. The van der Waals surface area contributed by atoms with E-state index in [0.717, 1.165) is 5.56 Å². The van der Waals surface area contributed by atoms with Gasteiger partial charge in [-0.15, -0.1) is 0 Å². The summed E-state index contributed by atoms with van der Waals surface area (Å²) in [5, 5.41) is 0.124. The van der Waals surface area contributed by atoms with Gasteiger partial charge >= 0.3 is 5.97 Å². The average Bonchev–Trinajstić information content (AvgIpc) is 2.40. The first-order chi connectivity index (χ1) is 9.22. The SMILES string of the molecule is CCOC(=O)c1c(Cl)ncnc1Cc1ccccc1. The van der Waals surface area contributed by atoms with E-state index in [-0.39, 0.29) is 17.3 Å². The van der Waals surface area contributed by atoms with Crippen molar-refractivity contribution in [1.82, 2.24) is 9.97 Å². The molecule has 0 aliphatic rings. The summed E-state index contributed by atoms with van der Waals surface area (Å²) in [5.74, 6) is -0.487. The molecule has 2 aromatic rings. The Morgan fingerprint density at radius 3 is 2.68 bits per heavy atom. The number of rotatable bonds is 4. The van der Waals surface area contributed by atoms with E-state index in [1.165, 1.54) is 6.33 Å². The topological polar surface area (TPSA) is 52.1 Å². The zero-order valence-corrected chi connectivity index (χ0v) is 11.2. The second kappa shape index (κ2) is 6.29. The fourth-order valence-corrected chi connectivity index (χ4v) is 1.96. The van der Waals surface area contributed by atoms with E-state index in [1.807, 2.05) is 30.3 Å². The Labute approximate surface area is 116 Å². The van der Waals surface area contributed by atoms with Crippen LogP contribution in [0.4, 0.5) is 0 Å². The monoisotopic (exact) mass is 276 g/mol. The Bertz CT molecular complexity index is 573. The van der Waals surface area contributed by atoms with E-state index in [2.05, 4.69) is 9.97 Å². The lowest BCUT2D eigenvalue weighted by molar-refractivity contribution is 0.0524. The highest BCUT2D eigenvalue weighted by atomic mass is 35.5. The molecular formula is C14H13ClN2O2. The van der Waals surface area contributed by atoms with Crippen molar-refractivity contribution in [3.05, 3.63) is 58.6 Å². The lowest BCUT2D eigenvalue weighted by Crippen LogP contribution is -2.12. The lowest BCUT2D eigenvalue weighted by Gasteiger charge is -2.08. The van der Waals surface area contributed by atoms with Crippen LogP contribution < -0.4 is 0 Å². The number of ether oxygens (including phenoxy) is 1. The quantitative estimate of drug-likeness (QED) is 0.636. The number of carbonyl (C=O) groups excluding carboxylic acids is 1. The number of aromatic nitrogens is 2. The highest BCUT2D eigenvalue weighted by molar-refractivity contribution is 6.32. The number of benzene rings is 1. The number of halogens is 1. The molecule has 0 radical (unpaired) electrons. The van der Waals surface area contributed by atoms with Gasteiger partial charge in [0.1, 0.15) is 17.0 Å². The molecule has 0 saturated carbocycles. The van der Waals surface area contributed by atoms with Gasteiger partial charge in [0.15, 0.2) is 0 Å². The van der Waals surface area contributed by atoms with Gasteiger partial charge in [-0.05, 0) is 12.5 Å². The van der Waals surface area contributed by atoms with Crippen LogP contribution in [0.2, 0.25) is 5.15 Å². The molecule has 19 heavy (non-hydrogen) atoms. The summed E-state index contributed by atoms with van der Waals surface area (Å²) in [6.45, 7) is 2.03. The van der Waals surface area contributed by atoms with Crippen molar-refractivity contribution in [1.29, 1.82) is 0 Å². The molecule has 0 atom stereocenters. The third-order valence-corrected chi connectivity index (χ3v) is 2.86. The maximum atomic E-state index is 11.9. The van der Waals surface area contributed by atoms with Crippen LogP contribution in [0, 0.1) is 0 Å². The first-order valence-electron chi connectivity index (χ1n) is 5.92. The largest absolute Gasteiger partial charge is 0.462 e. The number of hydrogen-bond acceptors (Lipinski definition) is 4. The minimum absolute atomic E-state index is 0.124. The number of hydrogen-bond donors (Lipinski definition) is 0. The zero-order valence-electron chi connectivity index (χ0n) is 10.5. The molecule has 1 heterocycles. The van der Waals surface area contributed by atoms with Crippen molar-refractivity contribution in [2.24, 2.45) is 0 Å². The van der Waals surface area contributed by atoms with E-state index < -0.39 is 5.97 Å². The Morgan fingerprint density at radius 2 is 2.00 bits per heavy atom. The van der Waals surface area contributed by atoms with Gasteiger partial charge in [0.05, 0.1) is 12.3 Å². The van der Waals surface area contributed by atoms with Crippen LogP contribution in [-0.4, -0.2) is 22.5 Å². The Balaban J connectivity index is 2.35. The van der Waals surface area contributed by atoms with Crippen LogP contribution >= 0.6 is 11.6 Å². The highest BCUT2D eigenvalue weighted by Gasteiger charge is 2.19. The van der Waals surface area contributed by atoms with Gasteiger partial charge in [0.25, 0.3) is 0 Å². The molecule has 0 saturated heterocycles. The second-order valence-electron chi connectivity index (χ2n) is 3.87. The molecule has 0 aliphatic heterocycles. The molecule has 0 fully saturated rings. The van der Waals surface area contributed by atoms with Gasteiger partial charge in [-0.1, -0.05) is 41.9 Å². The predicted octanol–water partition coefficient (Wildman–Crippen LogP) is 2.90. The molecule has 1 aromatic heterocycles. The molecule has 0 bridgehead atoms. The predicted molar refractivity (Wildman–Crippen MR) is 72.2 cm³/mol. The van der Waals surface area contributed by atoms with Gasteiger partial charge < -0.3 is 4.74 Å². The molecule has 0 unspecified atom stereocenters. The number of carbonyl (C=O) groups is 1. The molecule has 2 rings (SSSR count). The maximum absolute atomic E-state index is 11.9. The Morgan fingerprint density at radius 1 is 1.26 bits per heavy atom. The van der Waals surface area contributed by atoms with E-state index in [1.54, 1.807) is 6.92 Å². The minimum Gasteiger partial charge on any atom is -0.462 e. The van der Waals surface area contributed by atoms with Crippen molar-refractivity contribution < 1.29 is 9.53 Å². The van der Waals surface area contributed by atoms with Gasteiger partial charge in [0, 0.05) is 6.42 Å². The van der Waals surface area contributed by atoms with Crippen molar-refractivity contribution in [2.75, 3.05) is 6.61 Å². The van der Waals surface area contributed by atoms with Crippen molar-refractivity contribution in [3.8, 4) is 0 Å². The Kier molecular flexibility index (Phi) is 4.47. The van der Waals surface area contributed by atoms with Gasteiger partial charge in [-0.2, -0.15) is 0 Å². The standard InChI is InChI=1S/C14H13ClN2O2/c1-2-19-14(18)12-11(16-9-17-13(12)15)8-10-6-4-3-5-7-10/h3-7,9H,2,8H2,1H3. The van der Waals surface area contributed by atoms with Crippen molar-refractivity contribution in [2.45, 2.75) is 13.3 Å². The normalized spacial score (nSPS) is 10.2. The van der Waals surface area contributed by atoms with Crippen LogP contribution in [0.25, 0.3) is 0 Å². The molecule has 4 nitrogen and oxygen atoms in total. The number of esters is 1. The third-order valence-electron chi connectivity index (χ3n) is 2.57. The molecule has 0 amide bonds. The summed E-state index contributed by atoms with van der Waals surface area (Å²) in [4.78, 5) is 19.9. The summed E-state index contributed by atoms with van der Waals surface area (Å²) in [5.41, 5.74) is 1.86. The number of nitrogens with zero attached hydrogens (tertiary/aromatic N) is 2. The van der Waals surface area contributed by atoms with Crippen molar-refractivity contribution >= 4 is 17.6 Å². The fourth-order valence-electron chi connectivity index (χ4n) is 1.73. The van der Waals surface area contributed by atoms with Crippen LogP contribution in [0.1, 0.15) is 28.5 Å². The van der Waals surface area contributed by atoms with Crippen LogP contribution in [0.3, 0.4) is 0 Å². The molecule has 0 spiro atoms. The van der Waals surface area contributed by atoms with E-state index in [4.69, 9.17) is 16.3 Å². The summed E-state index contributed by atoms with van der Waals surface area (Å²) in [6.07, 6.45) is 1.86. The first-order valence-corrected chi connectivity index (χ1v) is 6.30. The highest BCUT2D eigenvalue weighted by Crippen LogP contribution is 2.19. The average molecular weight is 277 g/mol. The summed E-state index contributed by atoms with van der Waals surface area (Å²) >= 11 is 5.97. The summed E-state index contributed by atoms with van der Waals surface area (Å²) in [6, 6.07) is 9.73.